The molecule has 0 aliphatic carbocycles. The lowest BCUT2D eigenvalue weighted by molar-refractivity contribution is 0.0596. The second-order valence-corrected chi connectivity index (χ2v) is 2.73. The number of hydrogen-bond acceptors (Lipinski definition) is 6. The predicted molar refractivity (Wildman–Crippen MR) is 52.1 cm³/mol. The summed E-state index contributed by atoms with van der Waals surface area (Å²) < 4.78 is 6.13. The SMILES string of the molecule is COC(=O)c1nc2ncccn2c1NN. The fourth-order valence-corrected chi connectivity index (χ4v) is 1.26. The van der Waals surface area contributed by atoms with E-state index in [1.165, 1.54) is 7.11 Å². The zero-order valence-electron chi connectivity index (χ0n) is 7.97. The van der Waals surface area contributed by atoms with E-state index in [1.54, 1.807) is 22.9 Å². The Morgan fingerprint density at radius 2 is 2.47 bits per heavy atom. The number of esters is 1. The van der Waals surface area contributed by atoms with Crippen LogP contribution in [-0.4, -0.2) is 27.4 Å². The Bertz CT molecular complexity index is 507. The van der Waals surface area contributed by atoms with Gasteiger partial charge in [-0.3, -0.25) is 4.40 Å². The average molecular weight is 207 g/mol. The number of hydrazine groups is 1. The fraction of sp³-hybridized carbons (Fsp3) is 0.125. The first-order valence-electron chi connectivity index (χ1n) is 4.16. The molecule has 0 atom stereocenters. The summed E-state index contributed by atoms with van der Waals surface area (Å²) in [6.07, 6.45) is 3.26. The molecular weight excluding hydrogens is 198 g/mol. The van der Waals surface area contributed by atoms with Crippen molar-refractivity contribution in [2.75, 3.05) is 12.5 Å². The number of aromatic nitrogens is 3. The van der Waals surface area contributed by atoms with E-state index in [2.05, 4.69) is 20.1 Å². The van der Waals surface area contributed by atoms with Gasteiger partial charge in [-0.2, -0.15) is 0 Å². The highest BCUT2D eigenvalue weighted by Crippen LogP contribution is 2.15. The van der Waals surface area contributed by atoms with Crippen LogP contribution >= 0.6 is 0 Å². The molecule has 0 unspecified atom stereocenters. The van der Waals surface area contributed by atoms with Crippen molar-refractivity contribution in [2.24, 2.45) is 5.84 Å². The van der Waals surface area contributed by atoms with Gasteiger partial charge in [-0.25, -0.2) is 20.6 Å². The number of nitrogen functional groups attached to an aromatic ring is 1. The lowest BCUT2D eigenvalue weighted by Crippen LogP contribution is -2.14. The largest absolute Gasteiger partial charge is 0.464 e. The van der Waals surface area contributed by atoms with Crippen LogP contribution in [0.1, 0.15) is 10.5 Å². The molecule has 7 nitrogen and oxygen atoms in total. The van der Waals surface area contributed by atoms with Crippen LogP contribution in [0.25, 0.3) is 5.78 Å². The highest BCUT2D eigenvalue weighted by atomic mass is 16.5. The second-order valence-electron chi connectivity index (χ2n) is 2.73. The van der Waals surface area contributed by atoms with Gasteiger partial charge in [0.05, 0.1) is 7.11 Å². The number of methoxy groups -OCH3 is 1. The first-order chi connectivity index (χ1) is 7.27. The number of imidazole rings is 1. The van der Waals surface area contributed by atoms with E-state index in [0.717, 1.165) is 0 Å². The maximum Gasteiger partial charge on any atom is 0.360 e. The highest BCUT2D eigenvalue weighted by Gasteiger charge is 2.18. The molecular formula is C8H9N5O2. The molecule has 15 heavy (non-hydrogen) atoms. The van der Waals surface area contributed by atoms with Crippen molar-refractivity contribution < 1.29 is 9.53 Å². The lowest BCUT2D eigenvalue weighted by Gasteiger charge is -2.00. The number of fused-ring (bicyclic) bond motifs is 1. The van der Waals surface area contributed by atoms with Crippen molar-refractivity contribution in [1.82, 2.24) is 14.4 Å². The van der Waals surface area contributed by atoms with Crippen molar-refractivity contribution in [3.8, 4) is 0 Å². The summed E-state index contributed by atoms with van der Waals surface area (Å²) >= 11 is 0. The molecule has 0 saturated heterocycles. The average Bonchev–Trinajstić information content (AvgIpc) is 2.66. The van der Waals surface area contributed by atoms with Crippen LogP contribution in [0.4, 0.5) is 5.82 Å². The van der Waals surface area contributed by atoms with Gasteiger partial charge in [-0.1, -0.05) is 0 Å². The fourth-order valence-electron chi connectivity index (χ4n) is 1.26. The minimum atomic E-state index is -0.562. The number of carbonyl (C=O) groups is 1. The minimum Gasteiger partial charge on any atom is -0.464 e. The van der Waals surface area contributed by atoms with Crippen LogP contribution in [-0.2, 0) is 4.74 Å². The Balaban J connectivity index is 2.69. The van der Waals surface area contributed by atoms with Crippen LogP contribution in [0.5, 0.6) is 0 Å². The third-order valence-corrected chi connectivity index (χ3v) is 1.92. The normalized spacial score (nSPS) is 10.3. The number of nitrogens with two attached hydrogens (primary N) is 1. The van der Waals surface area contributed by atoms with Crippen molar-refractivity contribution >= 4 is 17.6 Å². The Hall–Kier alpha value is -2.15. The maximum absolute atomic E-state index is 11.3. The molecule has 7 heteroatoms. The molecule has 0 aromatic carbocycles. The van der Waals surface area contributed by atoms with Gasteiger partial charge in [0.2, 0.25) is 5.78 Å². The van der Waals surface area contributed by atoms with Gasteiger partial charge in [-0.05, 0) is 6.07 Å². The molecule has 2 heterocycles. The standard InChI is InChI=1S/C8H9N5O2/c1-15-7(14)5-6(12-9)13-4-2-3-10-8(13)11-5/h2-4,12H,9H2,1H3. The van der Waals surface area contributed by atoms with Crippen LogP contribution < -0.4 is 11.3 Å². The van der Waals surface area contributed by atoms with Crippen molar-refractivity contribution in [2.45, 2.75) is 0 Å². The van der Waals surface area contributed by atoms with Crippen LogP contribution in [0, 0.1) is 0 Å². The minimum absolute atomic E-state index is 0.110. The van der Waals surface area contributed by atoms with Gasteiger partial charge < -0.3 is 10.2 Å². The smallest absolute Gasteiger partial charge is 0.360 e. The molecule has 2 aromatic heterocycles. The number of ether oxygens (including phenoxy) is 1. The number of nitrogens with zero attached hydrogens (tertiary/aromatic N) is 3. The van der Waals surface area contributed by atoms with E-state index in [0.29, 0.717) is 11.6 Å². The number of nitrogens with one attached hydrogen (secondary N) is 1. The number of carbonyl (C=O) groups excluding carboxylic acids is 1. The van der Waals surface area contributed by atoms with Crippen LogP contribution in [0.3, 0.4) is 0 Å². The summed E-state index contributed by atoms with van der Waals surface area (Å²) in [5.74, 6) is 5.48. The molecule has 0 bridgehead atoms. The molecule has 0 aliphatic heterocycles. The summed E-state index contributed by atoms with van der Waals surface area (Å²) in [6, 6.07) is 1.70. The Kier molecular flexibility index (Phi) is 2.22. The third kappa shape index (κ3) is 1.38. The summed E-state index contributed by atoms with van der Waals surface area (Å²) in [6.45, 7) is 0. The first kappa shape index (κ1) is 9.41. The van der Waals surface area contributed by atoms with E-state index in [4.69, 9.17) is 5.84 Å². The third-order valence-electron chi connectivity index (χ3n) is 1.92. The Morgan fingerprint density at radius 3 is 3.13 bits per heavy atom. The molecule has 2 aromatic rings. The molecule has 2 rings (SSSR count). The molecule has 0 spiro atoms. The van der Waals surface area contributed by atoms with Gasteiger partial charge in [0.25, 0.3) is 0 Å². The summed E-state index contributed by atoms with van der Waals surface area (Å²) in [4.78, 5) is 19.3. The lowest BCUT2D eigenvalue weighted by atomic mass is 10.4. The van der Waals surface area contributed by atoms with E-state index >= 15 is 0 Å². The van der Waals surface area contributed by atoms with Gasteiger partial charge >= 0.3 is 5.97 Å². The molecule has 0 amide bonds. The quantitative estimate of drug-likeness (QED) is 0.402. The van der Waals surface area contributed by atoms with Gasteiger partial charge in [0.15, 0.2) is 11.5 Å². The Labute approximate surface area is 84.9 Å². The summed E-state index contributed by atoms with van der Waals surface area (Å²) in [7, 11) is 1.28. The van der Waals surface area contributed by atoms with Crippen LogP contribution in [0.2, 0.25) is 0 Å². The second kappa shape index (κ2) is 3.54. The van der Waals surface area contributed by atoms with Crippen LogP contribution in [0.15, 0.2) is 18.5 Å². The van der Waals surface area contributed by atoms with Crippen molar-refractivity contribution in [3.05, 3.63) is 24.2 Å². The summed E-state index contributed by atoms with van der Waals surface area (Å²) in [5, 5.41) is 0. The summed E-state index contributed by atoms with van der Waals surface area (Å²) in [5.41, 5.74) is 2.50. The molecule has 0 fully saturated rings. The van der Waals surface area contributed by atoms with Gasteiger partial charge in [0.1, 0.15) is 0 Å². The van der Waals surface area contributed by atoms with E-state index < -0.39 is 5.97 Å². The van der Waals surface area contributed by atoms with Gasteiger partial charge in [-0.15, -0.1) is 0 Å². The molecule has 78 valence electrons. The van der Waals surface area contributed by atoms with E-state index in [-0.39, 0.29) is 5.69 Å². The monoisotopic (exact) mass is 207 g/mol. The molecule has 0 saturated carbocycles. The molecule has 0 aliphatic rings. The van der Waals surface area contributed by atoms with Gasteiger partial charge in [0, 0.05) is 12.4 Å². The predicted octanol–water partition coefficient (Wildman–Crippen LogP) is -0.199. The van der Waals surface area contributed by atoms with Crippen molar-refractivity contribution in [3.63, 3.8) is 0 Å². The van der Waals surface area contributed by atoms with E-state index in [9.17, 15) is 4.79 Å². The molecule has 3 N–H and O–H groups in total. The first-order valence-corrected chi connectivity index (χ1v) is 4.16. The zero-order chi connectivity index (χ0) is 10.8. The highest BCUT2D eigenvalue weighted by molar-refractivity contribution is 5.93. The zero-order valence-corrected chi connectivity index (χ0v) is 7.97. The van der Waals surface area contributed by atoms with Crippen molar-refractivity contribution in [1.29, 1.82) is 0 Å². The maximum atomic E-state index is 11.3. The van der Waals surface area contributed by atoms with E-state index in [1.807, 2.05) is 0 Å². The number of anilines is 1. The Morgan fingerprint density at radius 1 is 1.67 bits per heavy atom. The topological polar surface area (TPSA) is 94.5 Å². The molecule has 0 radical (unpaired) electrons. The number of rotatable bonds is 2. The number of hydrogen-bond donors (Lipinski definition) is 2.